The van der Waals surface area contributed by atoms with Gasteiger partial charge in [-0.05, 0) is 43.2 Å². The summed E-state index contributed by atoms with van der Waals surface area (Å²) < 4.78 is 1.08. The fourth-order valence-corrected chi connectivity index (χ4v) is 3.82. The summed E-state index contributed by atoms with van der Waals surface area (Å²) in [6, 6.07) is 9.07. The van der Waals surface area contributed by atoms with Crippen LogP contribution in [0.2, 0.25) is 0 Å². The second-order valence-electron chi connectivity index (χ2n) is 5.69. The van der Waals surface area contributed by atoms with Crippen molar-refractivity contribution in [2.24, 2.45) is 0 Å². The Morgan fingerprint density at radius 3 is 2.75 bits per heavy atom. The fourth-order valence-electron chi connectivity index (χ4n) is 2.76. The first-order valence-corrected chi connectivity index (χ1v) is 8.73. The average molecular weight is 339 g/mol. The Morgan fingerprint density at radius 2 is 1.96 bits per heavy atom. The first kappa shape index (κ1) is 14.9. The average Bonchev–Trinajstić information content (AvgIpc) is 3.24. The Kier molecular flexibility index (Phi) is 4.00. The molecule has 6 nitrogen and oxygen atoms in total. The lowest BCUT2D eigenvalue weighted by Crippen LogP contribution is -2.19. The van der Waals surface area contributed by atoms with Crippen molar-refractivity contribution in [3.05, 3.63) is 42.7 Å². The number of fused-ring (bicyclic) bond motifs is 1. The van der Waals surface area contributed by atoms with Crippen molar-refractivity contribution >= 4 is 44.1 Å². The third kappa shape index (κ3) is 3.16. The second-order valence-corrected chi connectivity index (χ2v) is 6.70. The van der Waals surface area contributed by atoms with E-state index in [0.29, 0.717) is 5.69 Å². The van der Waals surface area contributed by atoms with Gasteiger partial charge in [-0.15, -0.1) is 0 Å². The molecular weight excluding hydrogens is 322 g/mol. The third-order valence-electron chi connectivity index (χ3n) is 3.93. The number of thiazole rings is 1. The molecule has 0 bridgehead atoms. The van der Waals surface area contributed by atoms with E-state index in [1.54, 1.807) is 35.9 Å². The molecule has 2 aromatic heterocycles. The molecule has 1 saturated heterocycles. The van der Waals surface area contributed by atoms with Crippen LogP contribution in [0.4, 0.5) is 21.3 Å². The molecule has 1 fully saturated rings. The number of amides is 2. The van der Waals surface area contributed by atoms with Gasteiger partial charge in [0, 0.05) is 25.0 Å². The van der Waals surface area contributed by atoms with Gasteiger partial charge < -0.3 is 15.5 Å². The summed E-state index contributed by atoms with van der Waals surface area (Å²) in [6.07, 6.45) is 5.74. The SMILES string of the molecule is O=C(Nc1cccnc1)Nc1ccc2nc(N3CCCC3)sc2c1. The van der Waals surface area contributed by atoms with Gasteiger partial charge in [0.1, 0.15) is 0 Å². The lowest BCUT2D eigenvalue weighted by molar-refractivity contribution is 0.262. The van der Waals surface area contributed by atoms with Crippen LogP contribution in [0.5, 0.6) is 0 Å². The van der Waals surface area contributed by atoms with Gasteiger partial charge in [-0.3, -0.25) is 4.98 Å². The Hall–Kier alpha value is -2.67. The molecule has 0 unspecified atom stereocenters. The summed E-state index contributed by atoms with van der Waals surface area (Å²) in [6.45, 7) is 2.16. The molecule has 3 aromatic rings. The first-order chi connectivity index (χ1) is 11.8. The van der Waals surface area contributed by atoms with Crippen molar-refractivity contribution in [3.8, 4) is 0 Å². The Labute approximate surface area is 143 Å². The number of aromatic nitrogens is 2. The minimum absolute atomic E-state index is 0.286. The molecule has 24 heavy (non-hydrogen) atoms. The van der Waals surface area contributed by atoms with Crippen molar-refractivity contribution in [2.75, 3.05) is 28.6 Å². The minimum Gasteiger partial charge on any atom is -0.348 e. The van der Waals surface area contributed by atoms with E-state index in [2.05, 4.69) is 20.5 Å². The van der Waals surface area contributed by atoms with Crippen LogP contribution in [-0.2, 0) is 0 Å². The molecule has 2 N–H and O–H groups in total. The van der Waals surface area contributed by atoms with Crippen LogP contribution in [-0.4, -0.2) is 29.1 Å². The van der Waals surface area contributed by atoms with Crippen molar-refractivity contribution < 1.29 is 4.79 Å². The zero-order chi connectivity index (χ0) is 16.4. The van der Waals surface area contributed by atoms with Gasteiger partial charge in [0.25, 0.3) is 0 Å². The minimum atomic E-state index is -0.286. The largest absolute Gasteiger partial charge is 0.348 e. The van der Waals surface area contributed by atoms with E-state index in [9.17, 15) is 4.79 Å². The predicted molar refractivity (Wildman–Crippen MR) is 97.9 cm³/mol. The number of benzene rings is 1. The van der Waals surface area contributed by atoms with Gasteiger partial charge in [-0.2, -0.15) is 0 Å². The van der Waals surface area contributed by atoms with Crippen molar-refractivity contribution in [1.29, 1.82) is 0 Å². The molecule has 0 atom stereocenters. The van der Waals surface area contributed by atoms with Gasteiger partial charge in [0.05, 0.1) is 22.1 Å². The molecule has 0 aliphatic carbocycles. The maximum absolute atomic E-state index is 12.1. The third-order valence-corrected chi connectivity index (χ3v) is 5.01. The number of carbonyl (C=O) groups is 1. The first-order valence-electron chi connectivity index (χ1n) is 7.91. The molecule has 4 rings (SSSR count). The number of hydrogen-bond donors (Lipinski definition) is 2. The standard InChI is InChI=1S/C17H17N5OS/c23-16(20-13-4-3-7-18-11-13)19-12-5-6-14-15(10-12)24-17(21-14)22-8-1-2-9-22/h3-7,10-11H,1-2,8-9H2,(H2,19,20,23). The van der Waals surface area contributed by atoms with E-state index in [1.807, 2.05) is 18.2 Å². The number of pyridine rings is 1. The van der Waals surface area contributed by atoms with Crippen molar-refractivity contribution in [1.82, 2.24) is 9.97 Å². The summed E-state index contributed by atoms with van der Waals surface area (Å²) in [7, 11) is 0. The zero-order valence-corrected chi connectivity index (χ0v) is 13.8. The van der Waals surface area contributed by atoms with Crippen LogP contribution in [0.1, 0.15) is 12.8 Å². The van der Waals surface area contributed by atoms with Gasteiger partial charge in [-0.25, -0.2) is 9.78 Å². The normalized spacial score (nSPS) is 14.1. The summed E-state index contributed by atoms with van der Waals surface area (Å²) in [5.74, 6) is 0. The van der Waals surface area contributed by atoms with Crippen LogP contribution < -0.4 is 15.5 Å². The predicted octanol–water partition coefficient (Wildman–Crippen LogP) is 3.94. The van der Waals surface area contributed by atoms with E-state index < -0.39 is 0 Å². The monoisotopic (exact) mass is 339 g/mol. The molecule has 1 aliphatic heterocycles. The van der Waals surface area contributed by atoms with Crippen molar-refractivity contribution in [2.45, 2.75) is 12.8 Å². The van der Waals surface area contributed by atoms with E-state index in [4.69, 9.17) is 4.98 Å². The molecule has 0 radical (unpaired) electrons. The van der Waals surface area contributed by atoms with E-state index in [0.717, 1.165) is 34.1 Å². The Morgan fingerprint density at radius 1 is 1.12 bits per heavy atom. The molecule has 1 aliphatic rings. The highest BCUT2D eigenvalue weighted by atomic mass is 32.1. The summed E-state index contributed by atoms with van der Waals surface area (Å²) in [4.78, 5) is 23.1. The van der Waals surface area contributed by atoms with Crippen molar-refractivity contribution in [3.63, 3.8) is 0 Å². The maximum Gasteiger partial charge on any atom is 0.323 e. The topological polar surface area (TPSA) is 70.1 Å². The lowest BCUT2D eigenvalue weighted by atomic mass is 10.3. The lowest BCUT2D eigenvalue weighted by Gasteiger charge is -2.11. The summed E-state index contributed by atoms with van der Waals surface area (Å²) in [5, 5.41) is 6.67. The maximum atomic E-state index is 12.1. The number of urea groups is 1. The van der Waals surface area contributed by atoms with E-state index >= 15 is 0 Å². The number of nitrogens with one attached hydrogen (secondary N) is 2. The van der Waals surface area contributed by atoms with Crippen LogP contribution in [0.3, 0.4) is 0 Å². The van der Waals surface area contributed by atoms with E-state index in [-0.39, 0.29) is 6.03 Å². The molecule has 0 spiro atoms. The molecule has 3 heterocycles. The van der Waals surface area contributed by atoms with Gasteiger partial charge in [-0.1, -0.05) is 11.3 Å². The Balaban J connectivity index is 1.49. The van der Waals surface area contributed by atoms with Gasteiger partial charge >= 0.3 is 6.03 Å². The fraction of sp³-hybridized carbons (Fsp3) is 0.235. The molecular formula is C17H17N5OS. The second kappa shape index (κ2) is 6.45. The number of nitrogens with zero attached hydrogens (tertiary/aromatic N) is 3. The Bertz CT molecular complexity index is 858. The highest BCUT2D eigenvalue weighted by Gasteiger charge is 2.16. The number of hydrogen-bond acceptors (Lipinski definition) is 5. The van der Waals surface area contributed by atoms with Crippen LogP contribution in [0, 0.1) is 0 Å². The number of anilines is 3. The van der Waals surface area contributed by atoms with Gasteiger partial charge in [0.15, 0.2) is 5.13 Å². The number of carbonyl (C=O) groups excluding carboxylic acids is 1. The quantitative estimate of drug-likeness (QED) is 0.758. The van der Waals surface area contributed by atoms with Crippen LogP contribution in [0.15, 0.2) is 42.7 Å². The zero-order valence-electron chi connectivity index (χ0n) is 13.0. The highest BCUT2D eigenvalue weighted by molar-refractivity contribution is 7.22. The molecule has 122 valence electrons. The summed E-state index contributed by atoms with van der Waals surface area (Å²) >= 11 is 1.67. The van der Waals surface area contributed by atoms with E-state index in [1.165, 1.54) is 12.8 Å². The number of rotatable bonds is 3. The van der Waals surface area contributed by atoms with Crippen LogP contribution in [0.25, 0.3) is 10.2 Å². The highest BCUT2D eigenvalue weighted by Crippen LogP contribution is 2.32. The molecule has 0 saturated carbocycles. The van der Waals surface area contributed by atoms with Gasteiger partial charge in [0.2, 0.25) is 0 Å². The molecule has 1 aromatic carbocycles. The smallest absolute Gasteiger partial charge is 0.323 e. The molecule has 2 amide bonds. The molecule has 7 heteroatoms. The van der Waals surface area contributed by atoms with Crippen LogP contribution >= 0.6 is 11.3 Å². The summed E-state index contributed by atoms with van der Waals surface area (Å²) in [5.41, 5.74) is 2.38.